The molecule has 1 N–H and O–H groups in total. The van der Waals surface area contributed by atoms with E-state index in [0.29, 0.717) is 18.9 Å². The van der Waals surface area contributed by atoms with E-state index in [4.69, 9.17) is 4.74 Å². The smallest absolute Gasteiger partial charge is 0.220 e. The fourth-order valence-corrected chi connectivity index (χ4v) is 3.53. The quantitative estimate of drug-likeness (QED) is 0.808. The van der Waals surface area contributed by atoms with Crippen LogP contribution in [0, 0.1) is 5.92 Å². The van der Waals surface area contributed by atoms with Gasteiger partial charge >= 0.3 is 0 Å². The minimum absolute atomic E-state index is 0.0218. The minimum Gasteiger partial charge on any atom is -0.488 e. The Labute approximate surface area is 153 Å². The number of rotatable bonds is 6. The van der Waals surface area contributed by atoms with Crippen molar-refractivity contribution in [1.29, 1.82) is 0 Å². The number of ether oxygens (including phenoxy) is 1. The summed E-state index contributed by atoms with van der Waals surface area (Å²) in [6.45, 7) is 2.13. The molecule has 0 spiro atoms. The second-order valence-corrected chi connectivity index (χ2v) is 7.32. The van der Waals surface area contributed by atoms with Crippen LogP contribution in [0.4, 0.5) is 0 Å². The Morgan fingerprint density at radius 3 is 2.73 bits per heavy atom. The van der Waals surface area contributed by atoms with Gasteiger partial charge in [-0.3, -0.25) is 9.59 Å². The third-order valence-electron chi connectivity index (χ3n) is 5.12. The number of carbonyl (C=O) groups excluding carboxylic acids is 2. The molecule has 1 heterocycles. The van der Waals surface area contributed by atoms with E-state index < -0.39 is 0 Å². The average molecular weight is 349 g/mol. The second-order valence-electron chi connectivity index (χ2n) is 7.32. The first kappa shape index (κ1) is 16.8. The van der Waals surface area contributed by atoms with E-state index in [1.807, 2.05) is 36.4 Å². The summed E-state index contributed by atoms with van der Waals surface area (Å²) in [6.07, 6.45) is 3.76. The summed E-state index contributed by atoms with van der Waals surface area (Å²) in [6, 6.07) is 13.7. The molecule has 0 radical (unpaired) electrons. The van der Waals surface area contributed by atoms with Crippen LogP contribution in [0.3, 0.4) is 0 Å². The van der Waals surface area contributed by atoms with Crippen molar-refractivity contribution in [3.63, 3.8) is 0 Å². The van der Waals surface area contributed by atoms with Gasteiger partial charge in [0, 0.05) is 18.4 Å². The van der Waals surface area contributed by atoms with Gasteiger partial charge in [0.1, 0.15) is 11.9 Å². The second kappa shape index (κ2) is 6.94. The number of amides is 1. The van der Waals surface area contributed by atoms with Crippen molar-refractivity contribution in [1.82, 2.24) is 5.32 Å². The van der Waals surface area contributed by atoms with E-state index in [1.54, 1.807) is 6.92 Å². The SMILES string of the molecule is CC(=O)c1ccccc1-c1ccc2c(c1)C[C@H](CNC(=O)CC1CC1)O2. The number of nitrogens with one attached hydrogen (secondary N) is 1. The number of hydrogen-bond donors (Lipinski definition) is 1. The van der Waals surface area contributed by atoms with Crippen LogP contribution in [-0.2, 0) is 11.2 Å². The number of benzene rings is 2. The van der Waals surface area contributed by atoms with Crippen molar-refractivity contribution < 1.29 is 14.3 Å². The zero-order valence-electron chi connectivity index (χ0n) is 15.0. The predicted octanol–water partition coefficient (Wildman–Crippen LogP) is 3.78. The molecule has 26 heavy (non-hydrogen) atoms. The largest absolute Gasteiger partial charge is 0.488 e. The molecule has 4 nitrogen and oxygen atoms in total. The highest BCUT2D eigenvalue weighted by Crippen LogP contribution is 2.34. The van der Waals surface area contributed by atoms with Gasteiger partial charge in [-0.1, -0.05) is 30.3 Å². The van der Waals surface area contributed by atoms with Gasteiger partial charge in [0.2, 0.25) is 5.91 Å². The van der Waals surface area contributed by atoms with Crippen LogP contribution in [0.1, 0.15) is 42.1 Å². The molecule has 2 aromatic carbocycles. The molecule has 2 aromatic rings. The fraction of sp³-hybridized carbons (Fsp3) is 0.364. The lowest BCUT2D eigenvalue weighted by Gasteiger charge is -2.11. The van der Waals surface area contributed by atoms with Crippen LogP contribution in [0.5, 0.6) is 5.75 Å². The Bertz CT molecular complexity index is 854. The first-order chi connectivity index (χ1) is 12.6. The number of fused-ring (bicyclic) bond motifs is 1. The third kappa shape index (κ3) is 3.64. The summed E-state index contributed by atoms with van der Waals surface area (Å²) in [5.74, 6) is 1.66. The van der Waals surface area contributed by atoms with Crippen molar-refractivity contribution in [2.45, 2.75) is 38.7 Å². The summed E-state index contributed by atoms with van der Waals surface area (Å²) in [5.41, 5.74) is 3.83. The molecule has 2 aliphatic rings. The minimum atomic E-state index is -0.0218. The van der Waals surface area contributed by atoms with Crippen LogP contribution < -0.4 is 10.1 Å². The topological polar surface area (TPSA) is 55.4 Å². The molecule has 1 aliphatic heterocycles. The van der Waals surface area contributed by atoms with Gasteiger partial charge in [0.25, 0.3) is 0 Å². The van der Waals surface area contributed by atoms with E-state index in [1.165, 1.54) is 12.8 Å². The Kier molecular flexibility index (Phi) is 4.49. The van der Waals surface area contributed by atoms with Gasteiger partial charge in [-0.25, -0.2) is 0 Å². The predicted molar refractivity (Wildman–Crippen MR) is 100 cm³/mol. The molecule has 0 unspecified atom stereocenters. The zero-order valence-corrected chi connectivity index (χ0v) is 15.0. The first-order valence-corrected chi connectivity index (χ1v) is 9.27. The van der Waals surface area contributed by atoms with E-state index in [2.05, 4.69) is 11.4 Å². The van der Waals surface area contributed by atoms with Gasteiger partial charge in [-0.05, 0) is 54.5 Å². The van der Waals surface area contributed by atoms with Crippen LogP contribution in [0.2, 0.25) is 0 Å². The summed E-state index contributed by atoms with van der Waals surface area (Å²) < 4.78 is 5.96. The van der Waals surface area contributed by atoms with E-state index >= 15 is 0 Å². The normalized spacial score (nSPS) is 18.1. The summed E-state index contributed by atoms with van der Waals surface area (Å²) >= 11 is 0. The molecule has 0 aromatic heterocycles. The molecule has 1 saturated carbocycles. The lowest BCUT2D eigenvalue weighted by molar-refractivity contribution is -0.121. The van der Waals surface area contributed by atoms with Crippen LogP contribution >= 0.6 is 0 Å². The lowest BCUT2D eigenvalue weighted by Crippen LogP contribution is -2.34. The molecule has 4 heteroatoms. The summed E-state index contributed by atoms with van der Waals surface area (Å²) in [5, 5.41) is 2.99. The number of Topliss-reactive ketones (excluding diaryl/α,β-unsaturated/α-hetero) is 1. The highest BCUT2D eigenvalue weighted by atomic mass is 16.5. The maximum atomic E-state index is 11.9. The highest BCUT2D eigenvalue weighted by Gasteiger charge is 2.27. The van der Waals surface area contributed by atoms with E-state index in [0.717, 1.165) is 34.4 Å². The molecular weight excluding hydrogens is 326 g/mol. The molecule has 0 saturated heterocycles. The standard InChI is InChI=1S/C22H23NO3/c1-14(24)19-4-2-3-5-20(19)16-8-9-21-17(11-16)12-18(26-21)13-23-22(25)10-15-6-7-15/h2-5,8-9,11,15,18H,6-7,10,12-13H2,1H3,(H,23,25)/t18-/m1/s1. The molecule has 1 amide bonds. The van der Waals surface area contributed by atoms with Gasteiger partial charge in [0.05, 0.1) is 6.54 Å². The van der Waals surface area contributed by atoms with E-state index in [9.17, 15) is 9.59 Å². The monoisotopic (exact) mass is 349 g/mol. The summed E-state index contributed by atoms with van der Waals surface area (Å²) in [4.78, 5) is 23.8. The molecular formula is C22H23NO3. The van der Waals surface area contributed by atoms with Crippen LogP contribution in [0.15, 0.2) is 42.5 Å². The van der Waals surface area contributed by atoms with Crippen LogP contribution in [0.25, 0.3) is 11.1 Å². The molecule has 134 valence electrons. The number of carbonyl (C=O) groups is 2. The van der Waals surface area contributed by atoms with Crippen molar-refractivity contribution in [2.75, 3.05) is 6.54 Å². The molecule has 4 rings (SSSR count). The van der Waals surface area contributed by atoms with Crippen LogP contribution in [-0.4, -0.2) is 24.3 Å². The lowest BCUT2D eigenvalue weighted by atomic mass is 9.95. The van der Waals surface area contributed by atoms with Gasteiger partial charge in [-0.2, -0.15) is 0 Å². The zero-order chi connectivity index (χ0) is 18.1. The van der Waals surface area contributed by atoms with Gasteiger partial charge in [-0.15, -0.1) is 0 Å². The van der Waals surface area contributed by atoms with E-state index in [-0.39, 0.29) is 17.8 Å². The molecule has 1 atom stereocenters. The molecule has 0 bridgehead atoms. The maximum absolute atomic E-state index is 11.9. The maximum Gasteiger partial charge on any atom is 0.220 e. The molecule has 1 aliphatic carbocycles. The number of hydrogen-bond acceptors (Lipinski definition) is 3. The fourth-order valence-electron chi connectivity index (χ4n) is 3.53. The van der Waals surface area contributed by atoms with Crippen molar-refractivity contribution >= 4 is 11.7 Å². The third-order valence-corrected chi connectivity index (χ3v) is 5.12. The Morgan fingerprint density at radius 2 is 1.96 bits per heavy atom. The summed E-state index contributed by atoms with van der Waals surface area (Å²) in [7, 11) is 0. The Balaban J connectivity index is 1.45. The highest BCUT2D eigenvalue weighted by molar-refractivity contribution is 6.00. The van der Waals surface area contributed by atoms with Crippen molar-refractivity contribution in [3.8, 4) is 16.9 Å². The van der Waals surface area contributed by atoms with Crippen molar-refractivity contribution in [2.24, 2.45) is 5.92 Å². The van der Waals surface area contributed by atoms with Gasteiger partial charge < -0.3 is 10.1 Å². The van der Waals surface area contributed by atoms with Crippen molar-refractivity contribution in [3.05, 3.63) is 53.6 Å². The van der Waals surface area contributed by atoms with Gasteiger partial charge in [0.15, 0.2) is 5.78 Å². The number of ketones is 1. The Morgan fingerprint density at radius 1 is 1.15 bits per heavy atom. The average Bonchev–Trinajstić information content (AvgIpc) is 3.35. The first-order valence-electron chi connectivity index (χ1n) is 9.27. The molecule has 1 fully saturated rings. The Hall–Kier alpha value is -2.62.